The number of aromatic nitrogens is 6. The van der Waals surface area contributed by atoms with Gasteiger partial charge in [-0.05, 0) is 100 Å². The Labute approximate surface area is 418 Å². The van der Waals surface area contributed by atoms with Gasteiger partial charge in [-0.3, -0.25) is 24.7 Å². The van der Waals surface area contributed by atoms with Crippen molar-refractivity contribution in [3.05, 3.63) is 134 Å². The predicted molar refractivity (Wildman–Crippen MR) is 277 cm³/mol. The lowest BCUT2D eigenvalue weighted by molar-refractivity contribution is -0.384. The van der Waals surface area contributed by atoms with E-state index in [-0.39, 0.29) is 45.2 Å². The Morgan fingerprint density at radius 3 is 1.74 bits per heavy atom. The van der Waals surface area contributed by atoms with Crippen LogP contribution in [0.5, 0.6) is 0 Å². The monoisotopic (exact) mass is 1080 g/mol. The van der Waals surface area contributed by atoms with Crippen LogP contribution >= 0.6 is 39.1 Å². The lowest BCUT2D eigenvalue weighted by Crippen LogP contribution is -2.35. The van der Waals surface area contributed by atoms with E-state index in [0.717, 1.165) is 29.3 Å². The van der Waals surface area contributed by atoms with Gasteiger partial charge in [0, 0.05) is 18.4 Å². The van der Waals surface area contributed by atoms with Gasteiger partial charge in [0.15, 0.2) is 5.82 Å². The summed E-state index contributed by atoms with van der Waals surface area (Å²) in [6, 6.07) is 17.4. The number of nitrogens with two attached hydrogens (primary N) is 1. The second kappa shape index (κ2) is 24.9. The van der Waals surface area contributed by atoms with Gasteiger partial charge >= 0.3 is 5.69 Å². The van der Waals surface area contributed by atoms with E-state index < -0.39 is 25.0 Å². The third-order valence-electron chi connectivity index (χ3n) is 10.5. The average molecular weight is 1080 g/mol. The van der Waals surface area contributed by atoms with Crippen molar-refractivity contribution in [3.8, 4) is 5.82 Å². The van der Waals surface area contributed by atoms with Crippen LogP contribution in [0.2, 0.25) is 10.0 Å². The molecule has 22 heteroatoms. The van der Waals surface area contributed by atoms with Crippen LogP contribution in [0.15, 0.2) is 112 Å². The quantitative estimate of drug-likeness (QED) is 0.0488. The second-order valence-corrected chi connectivity index (χ2v) is 22.5. The fourth-order valence-corrected chi connectivity index (χ4v) is 9.60. The van der Waals surface area contributed by atoms with Crippen LogP contribution in [0.25, 0.3) is 5.82 Å². The number of nitrogens with zero attached hydrogens (tertiary/aromatic N) is 6. The highest BCUT2D eigenvalue weighted by molar-refractivity contribution is 9.10. The first-order valence-corrected chi connectivity index (χ1v) is 25.7. The molecule has 1 aliphatic rings. The van der Waals surface area contributed by atoms with Crippen LogP contribution in [0, 0.1) is 16.0 Å². The van der Waals surface area contributed by atoms with Gasteiger partial charge in [-0.25, -0.2) is 31.5 Å². The minimum absolute atomic E-state index is 0. The maximum absolute atomic E-state index is 12.8. The number of anilines is 3. The molecule has 4 heterocycles. The van der Waals surface area contributed by atoms with Crippen LogP contribution < -0.4 is 20.5 Å². The van der Waals surface area contributed by atoms with E-state index in [0.29, 0.717) is 26.0 Å². The van der Waals surface area contributed by atoms with Gasteiger partial charge in [0.2, 0.25) is 0 Å². The Morgan fingerprint density at radius 1 is 0.824 bits per heavy atom. The van der Waals surface area contributed by atoms with E-state index in [1.165, 1.54) is 79.9 Å². The number of H-pyrrole nitrogens is 1. The minimum atomic E-state index is -3.84. The molecular weight excluding hydrogens is 1020 g/mol. The first kappa shape index (κ1) is 57.2. The van der Waals surface area contributed by atoms with Gasteiger partial charge < -0.3 is 11.1 Å². The number of halogens is 3. The van der Waals surface area contributed by atoms with Crippen LogP contribution in [-0.4, -0.2) is 64.8 Å². The van der Waals surface area contributed by atoms with Gasteiger partial charge in [0.05, 0.1) is 60.4 Å². The number of hydrogen-bond acceptors (Lipinski definition) is 12. The number of nitrogen functional groups attached to an aromatic ring is 1. The van der Waals surface area contributed by atoms with E-state index in [9.17, 15) is 26.9 Å². The highest BCUT2D eigenvalue weighted by Crippen LogP contribution is 2.30. The van der Waals surface area contributed by atoms with E-state index in [4.69, 9.17) is 28.9 Å². The molecule has 0 spiro atoms. The maximum Gasteiger partial charge on any atom is 0.306 e. The standard InChI is InChI=1S/C18H20ClN5O2S.C15H16BrClN2O2S.C9H19N.C3H3N3O2.CH4/c1-18(2,3)12-4-6-15(7-5-12)27(25,26)23-16-8-13(19)9-21-17(16)24-11-14(20)10-22-24;1-15(2,3)10-4-6-12(7-5-10)22(20,21)19-13-8-11(17)9-18-14(13)16;1-3-8-6-4-5-7-9(8)10-2;7-6(8)3-1-4-5-2-3;/h4-11,23H,20H2,1-3H3;4-9,19H,1-3H3;8-10H,3-7H2,1-2H3;1-2H,(H,4,5);1H4/t;;8-,9-;;/m..1../s1. The summed E-state index contributed by atoms with van der Waals surface area (Å²) in [6.07, 6.45) is 15.3. The first-order valence-electron chi connectivity index (χ1n) is 21.2. The SMILES string of the molecule is C.CC(C)(C)c1ccc(S(=O)(=O)Nc2cc(Cl)cnc2-n2cc(N)cn2)cc1.CC(C)(C)c1ccc(S(=O)(=O)Nc2cc(Cl)cnc2Br)cc1.CC[C@@H]1CCCC[C@H]1NC.O=[N+]([O-])c1cn[nH]c1. The molecule has 0 unspecified atom stereocenters. The van der Waals surface area contributed by atoms with Crippen LogP contribution in [-0.2, 0) is 30.9 Å². The number of nitro groups is 1. The van der Waals surface area contributed by atoms with Gasteiger partial charge in [0.25, 0.3) is 20.0 Å². The Balaban J connectivity index is 0.000000265. The summed E-state index contributed by atoms with van der Waals surface area (Å²) in [4.78, 5) is 17.8. The summed E-state index contributed by atoms with van der Waals surface area (Å²) >= 11 is 15.0. The minimum Gasteiger partial charge on any atom is -0.396 e. The molecule has 6 aromatic rings. The number of pyridine rings is 2. The van der Waals surface area contributed by atoms with Crippen molar-refractivity contribution in [1.29, 1.82) is 0 Å². The van der Waals surface area contributed by atoms with Crippen molar-refractivity contribution in [1.82, 2.24) is 35.3 Å². The highest BCUT2D eigenvalue weighted by Gasteiger charge is 2.23. The number of benzene rings is 2. The predicted octanol–water partition coefficient (Wildman–Crippen LogP) is 11.3. The van der Waals surface area contributed by atoms with Crippen LogP contribution in [0.1, 0.15) is 99.1 Å². The second-order valence-electron chi connectivity index (χ2n) is 17.6. The Kier molecular flexibility index (Phi) is 21.0. The van der Waals surface area contributed by atoms with Crippen molar-refractivity contribution in [2.24, 2.45) is 5.92 Å². The fraction of sp³-hybridized carbons (Fsp3) is 0.391. The molecule has 17 nitrogen and oxygen atoms in total. The van der Waals surface area contributed by atoms with Gasteiger partial charge in [-0.2, -0.15) is 10.2 Å². The third kappa shape index (κ3) is 16.8. The average Bonchev–Trinajstić information content (AvgIpc) is 3.98. The molecular formula is C46H62BrCl2N11O6S2. The molecule has 0 amide bonds. The largest absolute Gasteiger partial charge is 0.396 e. The molecule has 4 aromatic heterocycles. The smallest absolute Gasteiger partial charge is 0.306 e. The molecule has 7 rings (SSSR count). The van der Waals surface area contributed by atoms with E-state index in [1.807, 2.05) is 12.1 Å². The van der Waals surface area contributed by atoms with Crippen molar-refractivity contribution in [2.45, 2.75) is 115 Å². The molecule has 6 N–H and O–H groups in total. The van der Waals surface area contributed by atoms with Crippen LogP contribution in [0.4, 0.5) is 22.7 Å². The molecule has 1 aliphatic carbocycles. The van der Waals surface area contributed by atoms with Crippen molar-refractivity contribution in [3.63, 3.8) is 0 Å². The Morgan fingerprint density at radius 2 is 1.32 bits per heavy atom. The topological polar surface area (TPSA) is 246 Å². The summed E-state index contributed by atoms with van der Waals surface area (Å²) in [6.45, 7) is 14.7. The lowest BCUT2D eigenvalue weighted by atomic mass is 9.83. The number of nitrogens with one attached hydrogen (secondary N) is 4. The lowest BCUT2D eigenvalue weighted by Gasteiger charge is -2.30. The zero-order chi connectivity index (χ0) is 49.7. The van der Waals surface area contributed by atoms with Crippen LogP contribution in [0.3, 0.4) is 0 Å². The molecule has 0 aliphatic heterocycles. The summed E-state index contributed by atoms with van der Waals surface area (Å²) < 4.78 is 57.3. The number of aromatic amines is 1. The van der Waals surface area contributed by atoms with E-state index in [2.05, 4.69) is 111 Å². The first-order chi connectivity index (χ1) is 31.3. The summed E-state index contributed by atoms with van der Waals surface area (Å²) in [5.41, 5.74) is 8.61. The molecule has 370 valence electrons. The molecule has 0 saturated heterocycles. The fourth-order valence-electron chi connectivity index (χ4n) is 6.73. The molecule has 0 bridgehead atoms. The highest BCUT2D eigenvalue weighted by atomic mass is 79.9. The van der Waals surface area contributed by atoms with Crippen molar-refractivity contribution >= 4 is 81.9 Å². The van der Waals surface area contributed by atoms with E-state index in [1.54, 1.807) is 36.4 Å². The van der Waals surface area contributed by atoms with Gasteiger partial charge in [0.1, 0.15) is 10.8 Å². The molecule has 0 radical (unpaired) electrons. The molecule has 1 saturated carbocycles. The zero-order valence-electron chi connectivity index (χ0n) is 38.6. The van der Waals surface area contributed by atoms with Gasteiger partial charge in [-0.1, -0.05) is 123 Å². The molecule has 68 heavy (non-hydrogen) atoms. The van der Waals surface area contributed by atoms with E-state index >= 15 is 0 Å². The van der Waals surface area contributed by atoms with Gasteiger partial charge in [-0.15, -0.1) is 0 Å². The summed E-state index contributed by atoms with van der Waals surface area (Å²) in [7, 11) is -5.43. The zero-order valence-corrected chi connectivity index (χ0v) is 43.3. The number of hydrogen-bond donors (Lipinski definition) is 5. The third-order valence-corrected chi connectivity index (χ3v) is 14.3. The molecule has 2 atom stereocenters. The van der Waals surface area contributed by atoms with Crippen molar-refractivity contribution < 1.29 is 21.8 Å². The molecule has 1 fully saturated rings. The number of sulfonamides is 2. The molecule has 2 aromatic carbocycles. The van der Waals surface area contributed by atoms with Crippen molar-refractivity contribution in [2.75, 3.05) is 22.2 Å². The summed E-state index contributed by atoms with van der Waals surface area (Å²) in [5, 5.41) is 23.6. The Hall–Kier alpha value is -5.12. The number of rotatable bonds is 10. The maximum atomic E-state index is 12.8. The summed E-state index contributed by atoms with van der Waals surface area (Å²) in [5.74, 6) is 1.23. The normalized spacial score (nSPS) is 14.9. The Bertz CT molecular complexity index is 2750.